The number of hydrogen-bond acceptors (Lipinski definition) is 5. The van der Waals surface area contributed by atoms with Crippen LogP contribution in [0.2, 0.25) is 0 Å². The van der Waals surface area contributed by atoms with Gasteiger partial charge in [0.15, 0.2) is 11.4 Å². The summed E-state index contributed by atoms with van der Waals surface area (Å²) in [5, 5.41) is 11.9. The number of carbonyl (C=O) groups excluding carboxylic acids is 1. The van der Waals surface area contributed by atoms with Crippen LogP contribution in [0.5, 0.6) is 5.75 Å². The number of nitrogens with zero attached hydrogens (tertiary/aromatic N) is 3. The standard InChI is InChI=1S/C13H19N3O4/c1-4-15-8-14(5-6-20-3)13(19)10-12(18)11(17)9(2)7-16(10)15/h7,18H,4-6,8H2,1-3H3. The van der Waals surface area contributed by atoms with Crippen molar-refractivity contribution in [3.63, 3.8) is 0 Å². The first-order chi connectivity index (χ1) is 9.51. The van der Waals surface area contributed by atoms with Crippen molar-refractivity contribution in [2.24, 2.45) is 0 Å². The normalized spacial score (nSPS) is 14.7. The van der Waals surface area contributed by atoms with E-state index in [4.69, 9.17) is 4.74 Å². The number of hydrogen-bond donors (Lipinski definition) is 1. The van der Waals surface area contributed by atoms with E-state index in [0.717, 1.165) is 0 Å². The van der Waals surface area contributed by atoms with Crippen molar-refractivity contribution >= 4 is 5.91 Å². The largest absolute Gasteiger partial charge is 0.502 e. The average Bonchev–Trinajstić information content (AvgIpc) is 2.44. The lowest BCUT2D eigenvalue weighted by Crippen LogP contribution is -2.54. The Hall–Kier alpha value is -2.02. The number of methoxy groups -OCH3 is 1. The Balaban J connectivity index is 2.51. The molecular weight excluding hydrogens is 262 g/mol. The maximum atomic E-state index is 12.4. The number of pyridine rings is 1. The van der Waals surface area contributed by atoms with Crippen LogP contribution in [-0.4, -0.2) is 54.1 Å². The van der Waals surface area contributed by atoms with Gasteiger partial charge in [-0.15, -0.1) is 0 Å². The van der Waals surface area contributed by atoms with Crippen LogP contribution in [0.15, 0.2) is 11.0 Å². The van der Waals surface area contributed by atoms with Crippen LogP contribution in [0.4, 0.5) is 0 Å². The molecule has 0 spiro atoms. The molecule has 1 aliphatic heterocycles. The molecule has 1 N–H and O–H groups in total. The summed E-state index contributed by atoms with van der Waals surface area (Å²) < 4.78 is 6.55. The summed E-state index contributed by atoms with van der Waals surface area (Å²) in [6, 6.07) is 0. The van der Waals surface area contributed by atoms with Gasteiger partial charge >= 0.3 is 0 Å². The molecule has 1 aromatic rings. The fourth-order valence-electron chi connectivity index (χ4n) is 2.24. The maximum absolute atomic E-state index is 12.4. The summed E-state index contributed by atoms with van der Waals surface area (Å²) in [6.45, 7) is 5.41. The van der Waals surface area contributed by atoms with Gasteiger partial charge in [0.1, 0.15) is 6.67 Å². The van der Waals surface area contributed by atoms with Crippen LogP contribution in [0.25, 0.3) is 0 Å². The highest BCUT2D eigenvalue weighted by atomic mass is 16.5. The van der Waals surface area contributed by atoms with E-state index >= 15 is 0 Å². The number of carbonyl (C=O) groups is 1. The van der Waals surface area contributed by atoms with Gasteiger partial charge in [0.25, 0.3) is 5.91 Å². The summed E-state index contributed by atoms with van der Waals surface area (Å²) >= 11 is 0. The highest BCUT2D eigenvalue weighted by Crippen LogP contribution is 2.20. The molecule has 20 heavy (non-hydrogen) atoms. The van der Waals surface area contributed by atoms with E-state index in [1.807, 2.05) is 11.9 Å². The van der Waals surface area contributed by atoms with Crippen molar-refractivity contribution in [1.29, 1.82) is 0 Å². The summed E-state index contributed by atoms with van der Waals surface area (Å²) in [5.41, 5.74) is -0.0816. The highest BCUT2D eigenvalue weighted by Gasteiger charge is 2.31. The number of fused-ring (bicyclic) bond motifs is 1. The van der Waals surface area contributed by atoms with Crippen LogP contribution in [0.3, 0.4) is 0 Å². The van der Waals surface area contributed by atoms with E-state index < -0.39 is 11.2 Å². The maximum Gasteiger partial charge on any atom is 0.277 e. The van der Waals surface area contributed by atoms with E-state index in [0.29, 0.717) is 31.9 Å². The van der Waals surface area contributed by atoms with Crippen LogP contribution in [0, 0.1) is 6.92 Å². The number of amides is 1. The molecule has 1 aromatic heterocycles. The molecule has 110 valence electrons. The minimum atomic E-state index is -0.505. The molecule has 0 unspecified atom stereocenters. The van der Waals surface area contributed by atoms with Crippen LogP contribution >= 0.6 is 0 Å². The summed E-state index contributed by atoms with van der Waals surface area (Å²) in [5.74, 6) is -0.850. The molecule has 7 nitrogen and oxygen atoms in total. The van der Waals surface area contributed by atoms with Crippen molar-refractivity contribution < 1.29 is 14.6 Å². The second-order valence-corrected chi connectivity index (χ2v) is 4.71. The number of aromatic hydroxyl groups is 1. The van der Waals surface area contributed by atoms with E-state index in [-0.39, 0.29) is 11.6 Å². The fourth-order valence-corrected chi connectivity index (χ4v) is 2.24. The lowest BCUT2D eigenvalue weighted by molar-refractivity contribution is 0.0624. The van der Waals surface area contributed by atoms with Gasteiger partial charge in [-0.3, -0.25) is 19.3 Å². The van der Waals surface area contributed by atoms with E-state index in [1.54, 1.807) is 29.8 Å². The zero-order valence-electron chi connectivity index (χ0n) is 11.9. The number of rotatable bonds is 4. The van der Waals surface area contributed by atoms with Crippen LogP contribution in [0.1, 0.15) is 23.0 Å². The zero-order valence-corrected chi connectivity index (χ0v) is 11.9. The summed E-state index contributed by atoms with van der Waals surface area (Å²) in [7, 11) is 1.56. The Morgan fingerprint density at radius 1 is 1.40 bits per heavy atom. The quantitative estimate of drug-likeness (QED) is 0.833. The molecule has 0 atom stereocenters. The highest BCUT2D eigenvalue weighted by molar-refractivity contribution is 5.96. The zero-order chi connectivity index (χ0) is 14.9. The minimum absolute atomic E-state index is 0.0183. The smallest absolute Gasteiger partial charge is 0.277 e. The third-order valence-corrected chi connectivity index (χ3v) is 3.40. The fraction of sp³-hybridized carbons (Fsp3) is 0.538. The number of ether oxygens (including phenoxy) is 1. The Morgan fingerprint density at radius 3 is 2.70 bits per heavy atom. The molecule has 0 aromatic carbocycles. The molecule has 0 bridgehead atoms. The Labute approximate surface area is 116 Å². The summed E-state index contributed by atoms with van der Waals surface area (Å²) in [6.07, 6.45) is 1.59. The summed E-state index contributed by atoms with van der Waals surface area (Å²) in [4.78, 5) is 25.8. The van der Waals surface area contributed by atoms with Gasteiger partial charge in [-0.1, -0.05) is 0 Å². The average molecular weight is 281 g/mol. The van der Waals surface area contributed by atoms with Crippen LogP contribution in [-0.2, 0) is 4.74 Å². The van der Waals surface area contributed by atoms with Crippen molar-refractivity contribution in [2.45, 2.75) is 13.8 Å². The lowest BCUT2D eigenvalue weighted by atomic mass is 10.2. The first kappa shape index (κ1) is 14.4. The molecule has 2 heterocycles. The SMILES string of the molecule is CCN1CN(CCOC)C(=O)c2c(O)c(=O)c(C)cn21. The van der Waals surface area contributed by atoms with Gasteiger partial charge in [0.2, 0.25) is 5.43 Å². The van der Waals surface area contributed by atoms with Crippen molar-refractivity contribution in [1.82, 2.24) is 9.58 Å². The van der Waals surface area contributed by atoms with Gasteiger partial charge in [-0.2, -0.15) is 0 Å². The number of aromatic nitrogens is 1. The van der Waals surface area contributed by atoms with Gasteiger partial charge in [-0.25, -0.2) is 0 Å². The first-order valence-corrected chi connectivity index (χ1v) is 6.49. The Kier molecular flexibility index (Phi) is 3.99. The van der Waals surface area contributed by atoms with Crippen molar-refractivity contribution in [3.8, 4) is 5.75 Å². The topological polar surface area (TPSA) is 75.0 Å². The Bertz CT molecular complexity index is 582. The third kappa shape index (κ3) is 2.24. The minimum Gasteiger partial charge on any atom is -0.502 e. The van der Waals surface area contributed by atoms with Crippen molar-refractivity contribution in [2.75, 3.05) is 38.5 Å². The van der Waals surface area contributed by atoms with Gasteiger partial charge in [-0.05, 0) is 13.8 Å². The predicted octanol–water partition coefficient (Wildman–Crippen LogP) is -0.120. The van der Waals surface area contributed by atoms with E-state index in [1.165, 1.54) is 0 Å². The first-order valence-electron chi connectivity index (χ1n) is 6.49. The number of aryl methyl sites for hydroxylation is 1. The van der Waals surface area contributed by atoms with Crippen LogP contribution < -0.4 is 10.4 Å². The Morgan fingerprint density at radius 2 is 2.10 bits per heavy atom. The molecule has 0 fully saturated rings. The lowest BCUT2D eigenvalue weighted by Gasteiger charge is -2.39. The monoisotopic (exact) mass is 281 g/mol. The van der Waals surface area contributed by atoms with Gasteiger partial charge in [0, 0.05) is 32.0 Å². The van der Waals surface area contributed by atoms with Gasteiger partial charge < -0.3 is 14.7 Å². The molecule has 0 saturated heterocycles. The molecule has 0 aliphatic carbocycles. The van der Waals surface area contributed by atoms with Gasteiger partial charge in [0.05, 0.1) is 6.61 Å². The van der Waals surface area contributed by atoms with Crippen molar-refractivity contribution in [3.05, 3.63) is 27.7 Å². The predicted molar refractivity (Wildman–Crippen MR) is 73.6 cm³/mol. The molecule has 0 saturated carbocycles. The molecule has 2 rings (SSSR count). The van der Waals surface area contributed by atoms with E-state index in [9.17, 15) is 14.7 Å². The molecule has 1 amide bonds. The van der Waals surface area contributed by atoms with E-state index in [2.05, 4.69) is 0 Å². The molecule has 7 heteroatoms. The second kappa shape index (κ2) is 5.54. The molecular formula is C13H19N3O4. The molecule has 1 aliphatic rings. The molecule has 0 radical (unpaired) electrons. The second-order valence-electron chi connectivity index (χ2n) is 4.71. The third-order valence-electron chi connectivity index (χ3n) is 3.40.